The fourth-order valence-corrected chi connectivity index (χ4v) is 2.26. The molecule has 21 heavy (non-hydrogen) atoms. The smallest absolute Gasteiger partial charge is 0.335 e. The molecule has 3 nitrogen and oxygen atoms in total. The molecule has 0 spiro atoms. The van der Waals surface area contributed by atoms with Crippen LogP contribution >= 0.6 is 0 Å². The van der Waals surface area contributed by atoms with Crippen LogP contribution in [0.3, 0.4) is 0 Å². The molecule has 0 bridgehead atoms. The summed E-state index contributed by atoms with van der Waals surface area (Å²) in [6.07, 6.45) is 0. The number of rotatable bonds is 4. The van der Waals surface area contributed by atoms with E-state index in [0.29, 0.717) is 0 Å². The second-order valence-corrected chi connectivity index (χ2v) is 5.47. The minimum absolute atomic E-state index is 0.313. The fraction of sp³-hybridized carbons (Fsp3) is 0.278. The molecule has 0 amide bonds. The molecule has 2 aromatic carbocycles. The van der Waals surface area contributed by atoms with Gasteiger partial charge in [0.15, 0.2) is 5.54 Å². The zero-order chi connectivity index (χ0) is 15.5. The van der Waals surface area contributed by atoms with Gasteiger partial charge < -0.3 is 10.1 Å². The lowest BCUT2D eigenvalue weighted by molar-refractivity contribution is -0.145. The number of benzene rings is 2. The summed E-state index contributed by atoms with van der Waals surface area (Å²) in [5.41, 5.74) is 3.17. The third kappa shape index (κ3) is 3.24. The largest absolute Gasteiger partial charge is 0.467 e. The summed E-state index contributed by atoms with van der Waals surface area (Å²) < 4.78 is 4.99. The summed E-state index contributed by atoms with van der Waals surface area (Å²) in [4.78, 5) is 12.3. The lowest BCUT2D eigenvalue weighted by Crippen LogP contribution is -2.41. The summed E-state index contributed by atoms with van der Waals surface area (Å²) in [6.45, 7) is 5.89. The van der Waals surface area contributed by atoms with E-state index in [9.17, 15) is 4.79 Å². The summed E-state index contributed by atoms with van der Waals surface area (Å²) >= 11 is 0. The quantitative estimate of drug-likeness (QED) is 0.867. The molecule has 0 heterocycles. The van der Waals surface area contributed by atoms with Crippen LogP contribution < -0.4 is 5.32 Å². The van der Waals surface area contributed by atoms with Crippen LogP contribution in [0, 0.1) is 13.8 Å². The van der Waals surface area contributed by atoms with Gasteiger partial charge in [-0.3, -0.25) is 0 Å². The van der Waals surface area contributed by atoms with E-state index in [2.05, 4.69) is 5.32 Å². The summed E-state index contributed by atoms with van der Waals surface area (Å²) in [5, 5.41) is 3.29. The maximum Gasteiger partial charge on any atom is 0.335 e. The summed E-state index contributed by atoms with van der Waals surface area (Å²) in [6, 6.07) is 15.8. The molecule has 3 heteroatoms. The van der Waals surface area contributed by atoms with E-state index < -0.39 is 5.54 Å². The number of anilines is 1. The first-order valence-electron chi connectivity index (χ1n) is 6.96. The molecule has 2 rings (SSSR count). The monoisotopic (exact) mass is 283 g/mol. The molecule has 1 unspecified atom stereocenters. The minimum atomic E-state index is -0.919. The number of hydrogen-bond acceptors (Lipinski definition) is 3. The number of hydrogen-bond donors (Lipinski definition) is 1. The first-order valence-corrected chi connectivity index (χ1v) is 6.96. The van der Waals surface area contributed by atoms with Gasteiger partial charge >= 0.3 is 5.97 Å². The van der Waals surface area contributed by atoms with Crippen LogP contribution in [0.25, 0.3) is 0 Å². The number of ether oxygens (including phenoxy) is 1. The highest BCUT2D eigenvalue weighted by Crippen LogP contribution is 2.28. The van der Waals surface area contributed by atoms with Gasteiger partial charge in [-0.2, -0.15) is 0 Å². The predicted molar refractivity (Wildman–Crippen MR) is 85.3 cm³/mol. The van der Waals surface area contributed by atoms with Crippen molar-refractivity contribution in [2.75, 3.05) is 12.4 Å². The van der Waals surface area contributed by atoms with E-state index in [-0.39, 0.29) is 5.97 Å². The predicted octanol–water partition coefficient (Wildman–Crippen LogP) is 3.80. The molecule has 0 aromatic heterocycles. The average molecular weight is 283 g/mol. The molecule has 2 aromatic rings. The van der Waals surface area contributed by atoms with Crippen LogP contribution in [0.1, 0.15) is 23.6 Å². The van der Waals surface area contributed by atoms with Gasteiger partial charge in [-0.15, -0.1) is 0 Å². The Hall–Kier alpha value is -2.29. The topological polar surface area (TPSA) is 38.3 Å². The molecule has 110 valence electrons. The van der Waals surface area contributed by atoms with E-state index in [1.807, 2.05) is 69.3 Å². The van der Waals surface area contributed by atoms with Crippen molar-refractivity contribution in [3.05, 3.63) is 65.2 Å². The SMILES string of the molecule is COC(=O)C(C)(Nc1ccc(C)cc1)c1ccc(C)cc1. The summed E-state index contributed by atoms with van der Waals surface area (Å²) in [7, 11) is 1.41. The van der Waals surface area contributed by atoms with Gasteiger partial charge in [0.05, 0.1) is 7.11 Å². The maximum atomic E-state index is 12.3. The van der Waals surface area contributed by atoms with Crippen molar-refractivity contribution in [3.63, 3.8) is 0 Å². The van der Waals surface area contributed by atoms with Gasteiger partial charge in [0.25, 0.3) is 0 Å². The second-order valence-electron chi connectivity index (χ2n) is 5.47. The van der Waals surface area contributed by atoms with Gasteiger partial charge in [-0.05, 0) is 38.5 Å². The van der Waals surface area contributed by atoms with Crippen molar-refractivity contribution in [2.24, 2.45) is 0 Å². The molecule has 0 radical (unpaired) electrons. The molecule has 1 atom stereocenters. The van der Waals surface area contributed by atoms with Crippen molar-refractivity contribution in [2.45, 2.75) is 26.3 Å². The van der Waals surface area contributed by atoms with Crippen LogP contribution in [0.2, 0.25) is 0 Å². The number of nitrogens with one attached hydrogen (secondary N) is 1. The van der Waals surface area contributed by atoms with Gasteiger partial charge in [0.1, 0.15) is 0 Å². The molecular weight excluding hydrogens is 262 g/mol. The Morgan fingerprint density at radius 3 is 1.90 bits per heavy atom. The van der Waals surface area contributed by atoms with Crippen LogP contribution in [0.4, 0.5) is 5.69 Å². The van der Waals surface area contributed by atoms with Crippen LogP contribution in [-0.4, -0.2) is 13.1 Å². The van der Waals surface area contributed by atoms with Gasteiger partial charge in [0.2, 0.25) is 0 Å². The first-order chi connectivity index (χ1) is 9.95. The van der Waals surface area contributed by atoms with Gasteiger partial charge in [-0.1, -0.05) is 47.5 Å². The van der Waals surface area contributed by atoms with Crippen molar-refractivity contribution in [1.29, 1.82) is 0 Å². The Balaban J connectivity index is 2.39. The van der Waals surface area contributed by atoms with E-state index in [4.69, 9.17) is 4.74 Å². The van der Waals surface area contributed by atoms with Crippen LogP contribution in [0.5, 0.6) is 0 Å². The molecule has 0 saturated carbocycles. The second kappa shape index (κ2) is 6.00. The molecule has 0 fully saturated rings. The van der Waals surface area contributed by atoms with Gasteiger partial charge in [0, 0.05) is 5.69 Å². The number of carbonyl (C=O) groups excluding carboxylic acids is 1. The molecule has 0 aliphatic carbocycles. The molecule has 0 aliphatic rings. The molecule has 0 aliphatic heterocycles. The standard InChI is InChI=1S/C18H21NO2/c1-13-5-9-15(10-6-13)18(3,17(20)21-4)19-16-11-7-14(2)8-12-16/h5-12,19H,1-4H3. The Morgan fingerprint density at radius 1 is 0.952 bits per heavy atom. The Morgan fingerprint density at radius 2 is 1.43 bits per heavy atom. The third-order valence-corrected chi connectivity index (χ3v) is 3.67. The fourth-order valence-electron chi connectivity index (χ4n) is 2.26. The third-order valence-electron chi connectivity index (χ3n) is 3.67. The highest BCUT2D eigenvalue weighted by molar-refractivity contribution is 5.85. The van der Waals surface area contributed by atoms with Crippen molar-refractivity contribution in [1.82, 2.24) is 0 Å². The van der Waals surface area contributed by atoms with Crippen molar-refractivity contribution < 1.29 is 9.53 Å². The average Bonchev–Trinajstić information content (AvgIpc) is 2.49. The number of esters is 1. The first kappa shape index (κ1) is 15.1. The lowest BCUT2D eigenvalue weighted by Gasteiger charge is -2.29. The van der Waals surface area contributed by atoms with Crippen LogP contribution in [-0.2, 0) is 15.1 Å². The normalized spacial score (nSPS) is 13.3. The zero-order valence-corrected chi connectivity index (χ0v) is 12.9. The number of carbonyl (C=O) groups is 1. The maximum absolute atomic E-state index is 12.3. The van der Waals surface area contributed by atoms with E-state index >= 15 is 0 Å². The lowest BCUT2D eigenvalue weighted by atomic mass is 9.91. The molecular formula is C18H21NO2. The Labute approximate surface area is 126 Å². The van der Waals surface area contributed by atoms with Crippen LogP contribution in [0.15, 0.2) is 48.5 Å². The van der Waals surface area contributed by atoms with E-state index in [0.717, 1.165) is 16.8 Å². The molecule has 1 N–H and O–H groups in total. The zero-order valence-electron chi connectivity index (χ0n) is 12.9. The van der Waals surface area contributed by atoms with Crippen molar-refractivity contribution in [3.8, 4) is 0 Å². The van der Waals surface area contributed by atoms with Crippen molar-refractivity contribution >= 4 is 11.7 Å². The van der Waals surface area contributed by atoms with E-state index in [1.54, 1.807) is 0 Å². The Bertz CT molecular complexity index is 617. The highest BCUT2D eigenvalue weighted by Gasteiger charge is 2.36. The highest BCUT2D eigenvalue weighted by atomic mass is 16.5. The van der Waals surface area contributed by atoms with E-state index in [1.165, 1.54) is 12.7 Å². The number of methoxy groups -OCH3 is 1. The van der Waals surface area contributed by atoms with Gasteiger partial charge in [-0.25, -0.2) is 4.79 Å². The molecule has 0 saturated heterocycles. The minimum Gasteiger partial charge on any atom is -0.467 e. The summed E-state index contributed by atoms with van der Waals surface area (Å²) in [5.74, 6) is -0.313. The number of aryl methyl sites for hydroxylation is 2. The Kier molecular flexibility index (Phi) is 4.32.